The third-order valence-corrected chi connectivity index (χ3v) is 6.26. The summed E-state index contributed by atoms with van der Waals surface area (Å²) in [6, 6.07) is 6.02. The predicted octanol–water partition coefficient (Wildman–Crippen LogP) is 4.58. The van der Waals surface area contributed by atoms with Crippen LogP contribution in [0.2, 0.25) is 0 Å². The number of imidazole rings is 2. The Hall–Kier alpha value is -3.35. The first-order chi connectivity index (χ1) is 15.2. The topological polar surface area (TPSA) is 84.7 Å². The molecule has 7 heteroatoms. The fraction of sp³-hybridized carbons (Fsp3) is 0.400. The van der Waals surface area contributed by atoms with Gasteiger partial charge in [0.25, 0.3) is 0 Å². The molecule has 2 heterocycles. The highest BCUT2D eigenvalue weighted by molar-refractivity contribution is 5.88. The number of allylic oxidation sites excluding steroid dienone is 4. The SMILES string of the molecule is CC(=O)Nc1nc(-c2ccc3c(c2)n(C)c(=O)n3CC(C)C)c(C2C=CC=C(C)C2C)[nH]1. The lowest BCUT2D eigenvalue weighted by Crippen LogP contribution is -2.24. The first-order valence-corrected chi connectivity index (χ1v) is 11.1. The summed E-state index contributed by atoms with van der Waals surface area (Å²) in [6.45, 7) is 10.7. The summed E-state index contributed by atoms with van der Waals surface area (Å²) < 4.78 is 3.52. The van der Waals surface area contributed by atoms with Crippen molar-refractivity contribution in [3.8, 4) is 11.3 Å². The zero-order chi connectivity index (χ0) is 23.2. The maximum atomic E-state index is 12.8. The summed E-state index contributed by atoms with van der Waals surface area (Å²) in [5, 5.41) is 2.78. The Morgan fingerprint density at radius 2 is 2.03 bits per heavy atom. The van der Waals surface area contributed by atoms with Gasteiger partial charge in [-0.25, -0.2) is 9.78 Å². The van der Waals surface area contributed by atoms with E-state index in [-0.39, 0.29) is 17.5 Å². The summed E-state index contributed by atoms with van der Waals surface area (Å²) in [4.78, 5) is 32.6. The van der Waals surface area contributed by atoms with E-state index >= 15 is 0 Å². The summed E-state index contributed by atoms with van der Waals surface area (Å²) >= 11 is 0. The second kappa shape index (κ2) is 8.30. The van der Waals surface area contributed by atoms with Crippen molar-refractivity contribution in [3.05, 3.63) is 58.2 Å². The Labute approximate surface area is 187 Å². The monoisotopic (exact) mass is 433 g/mol. The molecule has 0 saturated heterocycles. The van der Waals surface area contributed by atoms with Gasteiger partial charge in [0, 0.05) is 32.0 Å². The molecule has 1 aliphatic carbocycles. The van der Waals surface area contributed by atoms with Crippen molar-refractivity contribution >= 4 is 22.9 Å². The molecule has 0 aliphatic heterocycles. The van der Waals surface area contributed by atoms with Crippen LogP contribution in [0.25, 0.3) is 22.3 Å². The number of nitrogens with one attached hydrogen (secondary N) is 2. The Morgan fingerprint density at radius 3 is 2.72 bits per heavy atom. The highest BCUT2D eigenvalue weighted by atomic mass is 16.2. The molecule has 2 aromatic heterocycles. The number of fused-ring (bicyclic) bond motifs is 1. The van der Waals surface area contributed by atoms with Crippen molar-refractivity contribution in [2.45, 2.75) is 47.1 Å². The van der Waals surface area contributed by atoms with Crippen LogP contribution in [0.5, 0.6) is 0 Å². The van der Waals surface area contributed by atoms with E-state index in [1.165, 1.54) is 12.5 Å². The van der Waals surface area contributed by atoms with Crippen molar-refractivity contribution in [3.63, 3.8) is 0 Å². The molecule has 0 spiro atoms. The third kappa shape index (κ3) is 3.83. The van der Waals surface area contributed by atoms with Crippen LogP contribution in [0, 0.1) is 11.8 Å². The quantitative estimate of drug-likeness (QED) is 0.618. The van der Waals surface area contributed by atoms with E-state index in [0.717, 1.165) is 28.0 Å². The van der Waals surface area contributed by atoms with Gasteiger partial charge in [-0.3, -0.25) is 19.2 Å². The number of anilines is 1. The van der Waals surface area contributed by atoms with Gasteiger partial charge < -0.3 is 4.98 Å². The minimum absolute atomic E-state index is 0.0170. The standard InChI is InChI=1S/C25H31N5O2/c1-14(2)13-30-20-11-10-18(12-21(20)29(6)25(30)32)22-23(28-24(27-22)26-17(5)31)19-9-7-8-15(3)16(19)4/h7-12,14,16,19H,13H2,1-6H3,(H2,26,27,28,31). The Morgan fingerprint density at radius 1 is 1.28 bits per heavy atom. The van der Waals surface area contributed by atoms with Crippen LogP contribution < -0.4 is 11.0 Å². The summed E-state index contributed by atoms with van der Waals surface area (Å²) in [5.41, 5.74) is 5.71. The molecule has 168 valence electrons. The number of hydrogen-bond donors (Lipinski definition) is 2. The Balaban J connectivity index is 1.87. The number of H-pyrrole nitrogens is 1. The van der Waals surface area contributed by atoms with Gasteiger partial charge in [0.15, 0.2) is 0 Å². The number of aryl methyl sites for hydroxylation is 1. The first-order valence-electron chi connectivity index (χ1n) is 11.1. The van der Waals surface area contributed by atoms with Gasteiger partial charge in [0.2, 0.25) is 11.9 Å². The average Bonchev–Trinajstić information content (AvgIpc) is 3.24. The fourth-order valence-corrected chi connectivity index (χ4v) is 4.45. The Bertz CT molecular complexity index is 1300. The number of carbonyl (C=O) groups is 1. The largest absolute Gasteiger partial charge is 0.328 e. The molecular formula is C25H31N5O2. The van der Waals surface area contributed by atoms with Gasteiger partial charge in [-0.1, -0.05) is 50.6 Å². The van der Waals surface area contributed by atoms with Crippen LogP contribution in [0.4, 0.5) is 5.95 Å². The summed E-state index contributed by atoms with van der Waals surface area (Å²) in [7, 11) is 1.81. The van der Waals surface area contributed by atoms with Crippen molar-refractivity contribution in [2.24, 2.45) is 18.9 Å². The molecule has 3 aromatic rings. The molecule has 0 bridgehead atoms. The minimum Gasteiger partial charge on any atom is -0.327 e. The predicted molar refractivity (Wildman–Crippen MR) is 129 cm³/mol. The lowest BCUT2D eigenvalue weighted by atomic mass is 9.81. The van der Waals surface area contributed by atoms with Crippen molar-refractivity contribution in [2.75, 3.05) is 5.32 Å². The first kappa shape index (κ1) is 21.9. The molecule has 0 saturated carbocycles. The van der Waals surface area contributed by atoms with Gasteiger partial charge in [-0.05, 0) is 30.9 Å². The van der Waals surface area contributed by atoms with E-state index in [1.54, 1.807) is 11.6 Å². The fourth-order valence-electron chi connectivity index (χ4n) is 4.45. The second-order valence-corrected chi connectivity index (χ2v) is 9.19. The maximum absolute atomic E-state index is 12.8. The van der Waals surface area contributed by atoms with Crippen molar-refractivity contribution < 1.29 is 4.79 Å². The molecule has 1 aromatic carbocycles. The van der Waals surface area contributed by atoms with E-state index in [1.807, 2.05) is 22.8 Å². The van der Waals surface area contributed by atoms with E-state index in [2.05, 4.69) is 56.2 Å². The number of hydrogen-bond acceptors (Lipinski definition) is 3. The van der Waals surface area contributed by atoms with Gasteiger partial charge in [0.05, 0.1) is 22.4 Å². The number of nitrogens with zero attached hydrogens (tertiary/aromatic N) is 3. The highest BCUT2D eigenvalue weighted by Crippen LogP contribution is 2.39. The molecule has 7 nitrogen and oxygen atoms in total. The number of amides is 1. The normalized spacial score (nSPS) is 18.4. The average molecular weight is 434 g/mol. The van der Waals surface area contributed by atoms with Crippen molar-refractivity contribution in [1.29, 1.82) is 0 Å². The van der Waals surface area contributed by atoms with Gasteiger partial charge in [0.1, 0.15) is 0 Å². The van der Waals surface area contributed by atoms with Crippen LogP contribution >= 0.6 is 0 Å². The van der Waals surface area contributed by atoms with Crippen LogP contribution in [0.15, 0.2) is 46.8 Å². The van der Waals surface area contributed by atoms with E-state index in [9.17, 15) is 9.59 Å². The van der Waals surface area contributed by atoms with E-state index in [0.29, 0.717) is 24.3 Å². The molecular weight excluding hydrogens is 402 g/mol. The number of benzene rings is 1. The van der Waals surface area contributed by atoms with E-state index in [4.69, 9.17) is 4.98 Å². The molecule has 0 fully saturated rings. The molecule has 32 heavy (non-hydrogen) atoms. The second-order valence-electron chi connectivity index (χ2n) is 9.19. The van der Waals surface area contributed by atoms with E-state index < -0.39 is 0 Å². The molecule has 2 unspecified atom stereocenters. The van der Waals surface area contributed by atoms with Gasteiger partial charge >= 0.3 is 5.69 Å². The Kier molecular flexibility index (Phi) is 5.67. The van der Waals surface area contributed by atoms with Crippen LogP contribution in [-0.4, -0.2) is 25.0 Å². The molecule has 2 atom stereocenters. The minimum atomic E-state index is -0.177. The lowest BCUT2D eigenvalue weighted by Gasteiger charge is -2.24. The summed E-state index contributed by atoms with van der Waals surface area (Å²) in [5.74, 6) is 1.03. The molecule has 0 radical (unpaired) electrons. The lowest BCUT2D eigenvalue weighted by molar-refractivity contribution is -0.114. The zero-order valence-corrected chi connectivity index (χ0v) is 19.6. The third-order valence-electron chi connectivity index (χ3n) is 6.26. The summed E-state index contributed by atoms with van der Waals surface area (Å²) in [6.07, 6.45) is 6.37. The van der Waals surface area contributed by atoms with Crippen LogP contribution in [0.3, 0.4) is 0 Å². The number of rotatable bonds is 5. The molecule has 1 amide bonds. The number of aromatic nitrogens is 4. The molecule has 4 rings (SSSR count). The number of aromatic amines is 1. The smallest absolute Gasteiger partial charge is 0.327 e. The highest BCUT2D eigenvalue weighted by Gasteiger charge is 2.27. The maximum Gasteiger partial charge on any atom is 0.328 e. The van der Waals surface area contributed by atoms with Crippen LogP contribution in [-0.2, 0) is 18.4 Å². The number of carbonyl (C=O) groups excluding carboxylic acids is 1. The van der Waals surface area contributed by atoms with Crippen molar-refractivity contribution in [1.82, 2.24) is 19.1 Å². The van der Waals surface area contributed by atoms with Gasteiger partial charge in [-0.15, -0.1) is 0 Å². The molecule has 2 N–H and O–H groups in total. The zero-order valence-electron chi connectivity index (χ0n) is 19.6. The molecule has 1 aliphatic rings. The van der Waals surface area contributed by atoms with Crippen LogP contribution in [0.1, 0.15) is 46.2 Å². The van der Waals surface area contributed by atoms with Gasteiger partial charge in [-0.2, -0.15) is 0 Å².